The Balaban J connectivity index is 1.34. The Morgan fingerprint density at radius 1 is 1.10 bits per heavy atom. The summed E-state index contributed by atoms with van der Waals surface area (Å²) in [7, 11) is 0. The summed E-state index contributed by atoms with van der Waals surface area (Å²) >= 11 is 12.1. The van der Waals surface area contributed by atoms with E-state index in [0.29, 0.717) is 35.2 Å². The third-order valence-corrected chi connectivity index (χ3v) is 5.33. The Morgan fingerprint density at radius 2 is 1.93 bits per heavy atom. The molecule has 0 aliphatic heterocycles. The van der Waals surface area contributed by atoms with Gasteiger partial charge in [0.25, 0.3) is 0 Å². The predicted molar refractivity (Wildman–Crippen MR) is 117 cm³/mol. The molecule has 1 N–H and O–H groups in total. The second-order valence-corrected chi connectivity index (χ2v) is 7.57. The molecule has 6 nitrogen and oxygen atoms in total. The molecule has 2 aromatic heterocycles. The maximum atomic E-state index is 12.4. The van der Waals surface area contributed by atoms with Crippen molar-refractivity contribution in [3.63, 3.8) is 0 Å². The number of carbonyl (C=O) groups excluding carboxylic acids is 1. The third kappa shape index (κ3) is 4.90. The molecular formula is C22H18Cl2N4O2. The van der Waals surface area contributed by atoms with E-state index in [0.717, 1.165) is 22.4 Å². The Kier molecular flexibility index (Phi) is 6.16. The van der Waals surface area contributed by atoms with Gasteiger partial charge >= 0.3 is 0 Å². The van der Waals surface area contributed by atoms with Crippen molar-refractivity contribution in [2.24, 2.45) is 0 Å². The van der Waals surface area contributed by atoms with Gasteiger partial charge in [-0.1, -0.05) is 40.5 Å². The van der Waals surface area contributed by atoms with Gasteiger partial charge in [0.05, 0.1) is 22.8 Å². The topological polar surface area (TPSA) is 73.0 Å². The second-order valence-electron chi connectivity index (χ2n) is 6.76. The van der Waals surface area contributed by atoms with E-state index in [1.807, 2.05) is 47.3 Å². The first kappa shape index (κ1) is 20.2. The highest BCUT2D eigenvalue weighted by atomic mass is 35.5. The molecule has 2 aromatic carbocycles. The first-order valence-corrected chi connectivity index (χ1v) is 10.1. The summed E-state index contributed by atoms with van der Waals surface area (Å²) in [6.07, 6.45) is 6.06. The normalized spacial score (nSPS) is 10.9. The van der Waals surface area contributed by atoms with Crippen LogP contribution in [0.2, 0.25) is 10.0 Å². The van der Waals surface area contributed by atoms with E-state index < -0.39 is 0 Å². The molecule has 0 atom stereocenters. The van der Waals surface area contributed by atoms with Crippen LogP contribution in [-0.2, 0) is 17.8 Å². The molecule has 0 bridgehead atoms. The predicted octanol–water partition coefficient (Wildman–Crippen LogP) is 5.46. The van der Waals surface area contributed by atoms with E-state index in [9.17, 15) is 4.79 Å². The molecule has 1 amide bonds. The van der Waals surface area contributed by atoms with Gasteiger partial charge in [0, 0.05) is 35.6 Å². The number of aromatic nitrogens is 3. The van der Waals surface area contributed by atoms with Gasteiger partial charge in [0.1, 0.15) is 0 Å². The van der Waals surface area contributed by atoms with E-state index >= 15 is 0 Å². The SMILES string of the molecule is O=C(CCc1cnoc1-c1ccc(Cl)c(Cl)c1)Nc1ccc(Cn2cccn2)cc1. The quantitative estimate of drug-likeness (QED) is 0.413. The summed E-state index contributed by atoms with van der Waals surface area (Å²) in [5.41, 5.74) is 3.45. The highest BCUT2D eigenvalue weighted by Crippen LogP contribution is 2.30. The van der Waals surface area contributed by atoms with Crippen molar-refractivity contribution in [3.05, 3.63) is 88.3 Å². The van der Waals surface area contributed by atoms with Crippen LogP contribution < -0.4 is 5.32 Å². The fourth-order valence-electron chi connectivity index (χ4n) is 3.06. The molecule has 0 unspecified atom stereocenters. The van der Waals surface area contributed by atoms with E-state index in [1.165, 1.54) is 0 Å². The summed E-state index contributed by atoms with van der Waals surface area (Å²) in [5, 5.41) is 11.9. The third-order valence-electron chi connectivity index (χ3n) is 4.59. The standard InChI is InChI=1S/C22H18Cl2N4O2/c23-19-8-4-16(12-20(19)24)22-17(13-26-30-22)5-9-21(29)27-18-6-2-15(3-7-18)14-28-11-1-10-25-28/h1-4,6-8,10-13H,5,9,14H2,(H,27,29). The number of hydrogen-bond acceptors (Lipinski definition) is 4. The van der Waals surface area contributed by atoms with Crippen LogP contribution in [0.15, 0.2) is 71.6 Å². The monoisotopic (exact) mass is 440 g/mol. The van der Waals surface area contributed by atoms with Crippen LogP contribution in [0.1, 0.15) is 17.5 Å². The van der Waals surface area contributed by atoms with Crippen LogP contribution in [0.5, 0.6) is 0 Å². The zero-order valence-corrected chi connectivity index (χ0v) is 17.4. The van der Waals surface area contributed by atoms with Gasteiger partial charge < -0.3 is 9.84 Å². The molecule has 0 spiro atoms. The maximum Gasteiger partial charge on any atom is 0.224 e. The Hall–Kier alpha value is -3.09. The van der Waals surface area contributed by atoms with Crippen molar-refractivity contribution >= 4 is 34.8 Å². The van der Waals surface area contributed by atoms with Gasteiger partial charge in [-0.25, -0.2) is 0 Å². The van der Waals surface area contributed by atoms with Gasteiger partial charge in [0.2, 0.25) is 5.91 Å². The average Bonchev–Trinajstić information content (AvgIpc) is 3.42. The van der Waals surface area contributed by atoms with Crippen LogP contribution in [0, 0.1) is 0 Å². The molecule has 0 saturated heterocycles. The van der Waals surface area contributed by atoms with Crippen LogP contribution >= 0.6 is 23.2 Å². The minimum Gasteiger partial charge on any atom is -0.356 e. The fourth-order valence-corrected chi connectivity index (χ4v) is 3.36. The molecular weight excluding hydrogens is 423 g/mol. The zero-order chi connectivity index (χ0) is 20.9. The van der Waals surface area contributed by atoms with Crippen molar-refractivity contribution in [1.82, 2.24) is 14.9 Å². The highest BCUT2D eigenvalue weighted by molar-refractivity contribution is 6.42. The number of carbonyl (C=O) groups is 1. The lowest BCUT2D eigenvalue weighted by Gasteiger charge is -2.07. The van der Waals surface area contributed by atoms with Crippen LogP contribution in [-0.4, -0.2) is 20.8 Å². The van der Waals surface area contributed by atoms with Gasteiger partial charge in [-0.05, 0) is 48.4 Å². The number of halogens is 2. The Morgan fingerprint density at radius 3 is 2.67 bits per heavy atom. The average molecular weight is 441 g/mol. The molecule has 4 rings (SSSR count). The van der Waals surface area contributed by atoms with Crippen LogP contribution in [0.25, 0.3) is 11.3 Å². The molecule has 2 heterocycles. The lowest BCUT2D eigenvalue weighted by Crippen LogP contribution is -2.12. The van der Waals surface area contributed by atoms with Gasteiger partial charge in [-0.15, -0.1) is 0 Å². The van der Waals surface area contributed by atoms with Crippen molar-refractivity contribution in [3.8, 4) is 11.3 Å². The number of amides is 1. The smallest absolute Gasteiger partial charge is 0.224 e. The van der Waals surface area contributed by atoms with Crippen molar-refractivity contribution in [2.45, 2.75) is 19.4 Å². The molecule has 30 heavy (non-hydrogen) atoms. The van der Waals surface area contributed by atoms with Crippen molar-refractivity contribution < 1.29 is 9.32 Å². The van der Waals surface area contributed by atoms with Gasteiger partial charge in [-0.3, -0.25) is 9.48 Å². The molecule has 152 valence electrons. The van der Waals surface area contributed by atoms with Crippen molar-refractivity contribution in [1.29, 1.82) is 0 Å². The molecule has 0 aliphatic rings. The Bertz CT molecular complexity index is 1140. The largest absolute Gasteiger partial charge is 0.356 e. The van der Waals surface area contributed by atoms with Crippen molar-refractivity contribution in [2.75, 3.05) is 5.32 Å². The number of nitrogens with one attached hydrogen (secondary N) is 1. The zero-order valence-electron chi connectivity index (χ0n) is 15.9. The molecule has 8 heteroatoms. The van der Waals surface area contributed by atoms with E-state index in [-0.39, 0.29) is 5.91 Å². The number of benzene rings is 2. The first-order valence-electron chi connectivity index (χ1n) is 9.34. The second kappa shape index (κ2) is 9.15. The summed E-state index contributed by atoms with van der Waals surface area (Å²) in [6, 6.07) is 14.8. The molecule has 0 fully saturated rings. The summed E-state index contributed by atoms with van der Waals surface area (Å²) < 4.78 is 7.21. The number of rotatable bonds is 7. The number of anilines is 1. The minimum absolute atomic E-state index is 0.0869. The van der Waals surface area contributed by atoms with E-state index in [2.05, 4.69) is 15.6 Å². The fraction of sp³-hybridized carbons (Fsp3) is 0.136. The van der Waals surface area contributed by atoms with E-state index in [1.54, 1.807) is 24.5 Å². The summed E-state index contributed by atoms with van der Waals surface area (Å²) in [4.78, 5) is 12.4. The van der Waals surface area contributed by atoms with Gasteiger partial charge in [-0.2, -0.15) is 5.10 Å². The summed E-state index contributed by atoms with van der Waals surface area (Å²) in [6.45, 7) is 0.687. The molecule has 4 aromatic rings. The minimum atomic E-state index is -0.0869. The molecule has 0 radical (unpaired) electrons. The lowest BCUT2D eigenvalue weighted by atomic mass is 10.1. The highest BCUT2D eigenvalue weighted by Gasteiger charge is 2.14. The van der Waals surface area contributed by atoms with E-state index in [4.69, 9.17) is 27.7 Å². The molecule has 0 aliphatic carbocycles. The number of nitrogens with zero attached hydrogens (tertiary/aromatic N) is 3. The number of aryl methyl sites for hydroxylation is 1. The van der Waals surface area contributed by atoms with Crippen LogP contribution in [0.4, 0.5) is 5.69 Å². The number of hydrogen-bond donors (Lipinski definition) is 1. The molecule has 0 saturated carbocycles. The first-order chi connectivity index (χ1) is 14.6. The maximum absolute atomic E-state index is 12.4. The summed E-state index contributed by atoms with van der Waals surface area (Å²) in [5.74, 6) is 0.500. The Labute approximate surface area is 183 Å². The van der Waals surface area contributed by atoms with Gasteiger partial charge in [0.15, 0.2) is 5.76 Å². The lowest BCUT2D eigenvalue weighted by molar-refractivity contribution is -0.116. The van der Waals surface area contributed by atoms with Crippen LogP contribution in [0.3, 0.4) is 0 Å².